The number of aromatic nitrogens is 1. The van der Waals surface area contributed by atoms with Crippen LogP contribution >= 0.6 is 0 Å². The lowest BCUT2D eigenvalue weighted by atomic mass is 9.99. The number of aliphatic imine (C=N–C) groups is 1. The summed E-state index contributed by atoms with van der Waals surface area (Å²) in [5.74, 6) is -1.11. The van der Waals surface area contributed by atoms with Gasteiger partial charge in [-0.15, -0.1) is 0 Å². The van der Waals surface area contributed by atoms with Gasteiger partial charge >= 0.3 is 11.9 Å². The Morgan fingerprint density at radius 1 is 0.944 bits per heavy atom. The Balaban J connectivity index is 0.000000392. The zero-order chi connectivity index (χ0) is 26.1. The van der Waals surface area contributed by atoms with Crippen LogP contribution in [0.1, 0.15) is 18.1 Å². The molecule has 2 N–H and O–H groups in total. The number of carboxylic acids is 2. The molecule has 1 aliphatic heterocycles. The van der Waals surface area contributed by atoms with E-state index in [4.69, 9.17) is 20.2 Å². The van der Waals surface area contributed by atoms with Crippen molar-refractivity contribution in [2.75, 3.05) is 32.1 Å². The van der Waals surface area contributed by atoms with Crippen molar-refractivity contribution in [1.82, 2.24) is 9.88 Å². The number of fused-ring (bicyclic) bond motifs is 2. The molecule has 0 saturated heterocycles. The normalized spacial score (nSPS) is 13.1. The van der Waals surface area contributed by atoms with Crippen LogP contribution in [-0.4, -0.2) is 64.9 Å². The SMILES string of the molecule is CC(CN(C)C)CN1c2ccccc2C(c2ccccc2)=Nc2cccnc21.O=C(O)C=CC(=O)O. The quantitative estimate of drug-likeness (QED) is 0.470. The molecule has 1 unspecified atom stereocenters. The Bertz CT molecular complexity index is 1240. The van der Waals surface area contributed by atoms with Gasteiger partial charge in [0.15, 0.2) is 5.82 Å². The van der Waals surface area contributed by atoms with Crippen LogP contribution < -0.4 is 4.90 Å². The predicted molar refractivity (Wildman–Crippen MR) is 142 cm³/mol. The highest BCUT2D eigenvalue weighted by molar-refractivity contribution is 6.18. The van der Waals surface area contributed by atoms with Crippen LogP contribution in [0.5, 0.6) is 0 Å². The van der Waals surface area contributed by atoms with Crippen LogP contribution in [0.25, 0.3) is 0 Å². The van der Waals surface area contributed by atoms with Crippen molar-refractivity contribution in [3.63, 3.8) is 0 Å². The van der Waals surface area contributed by atoms with E-state index in [0.717, 1.165) is 47.1 Å². The summed E-state index contributed by atoms with van der Waals surface area (Å²) < 4.78 is 0. The molecule has 36 heavy (non-hydrogen) atoms. The molecule has 0 amide bonds. The highest BCUT2D eigenvalue weighted by atomic mass is 16.4. The summed E-state index contributed by atoms with van der Waals surface area (Å²) in [5, 5.41) is 15.6. The van der Waals surface area contributed by atoms with Gasteiger partial charge in [-0.1, -0.05) is 55.5 Å². The molecule has 0 radical (unpaired) electrons. The molecule has 0 bridgehead atoms. The smallest absolute Gasteiger partial charge is 0.328 e. The zero-order valence-electron chi connectivity index (χ0n) is 20.6. The lowest BCUT2D eigenvalue weighted by Crippen LogP contribution is -2.31. The van der Waals surface area contributed by atoms with Gasteiger partial charge in [-0.3, -0.25) is 0 Å². The Kier molecular flexibility index (Phi) is 9.07. The number of nitrogens with zero attached hydrogens (tertiary/aromatic N) is 4. The topological polar surface area (TPSA) is 106 Å². The number of benzene rings is 2. The second-order valence-corrected chi connectivity index (χ2v) is 8.68. The zero-order valence-corrected chi connectivity index (χ0v) is 20.6. The number of aliphatic carboxylic acids is 2. The number of carbonyl (C=O) groups is 2. The van der Waals surface area contributed by atoms with Gasteiger partial charge in [0.1, 0.15) is 5.69 Å². The summed E-state index contributed by atoms with van der Waals surface area (Å²) in [7, 11) is 4.24. The molecule has 2 aromatic carbocycles. The average Bonchev–Trinajstić information content (AvgIpc) is 2.98. The van der Waals surface area contributed by atoms with Crippen LogP contribution in [-0.2, 0) is 9.59 Å². The van der Waals surface area contributed by atoms with E-state index in [2.05, 4.69) is 85.4 Å². The first-order valence-electron chi connectivity index (χ1n) is 11.5. The van der Waals surface area contributed by atoms with Crippen LogP contribution in [0.15, 0.2) is 90.1 Å². The van der Waals surface area contributed by atoms with Crippen molar-refractivity contribution >= 4 is 34.8 Å². The van der Waals surface area contributed by atoms with Gasteiger partial charge in [-0.05, 0) is 38.2 Å². The van der Waals surface area contributed by atoms with Gasteiger partial charge in [0.2, 0.25) is 0 Å². The third-order valence-electron chi connectivity index (χ3n) is 5.29. The van der Waals surface area contributed by atoms with Crippen LogP contribution in [0, 0.1) is 5.92 Å². The summed E-state index contributed by atoms with van der Waals surface area (Å²) >= 11 is 0. The molecule has 4 rings (SSSR count). The monoisotopic (exact) mass is 486 g/mol. The minimum absolute atomic E-state index is 0.483. The van der Waals surface area contributed by atoms with E-state index in [9.17, 15) is 9.59 Å². The van der Waals surface area contributed by atoms with Gasteiger partial charge in [-0.25, -0.2) is 19.6 Å². The van der Waals surface area contributed by atoms with Crippen molar-refractivity contribution in [3.8, 4) is 0 Å². The number of hydrogen-bond donors (Lipinski definition) is 2. The fourth-order valence-corrected chi connectivity index (χ4v) is 4.02. The summed E-state index contributed by atoms with van der Waals surface area (Å²) in [5.41, 5.74) is 5.33. The van der Waals surface area contributed by atoms with E-state index < -0.39 is 11.9 Å². The fraction of sp³-hybridized carbons (Fsp3) is 0.214. The highest BCUT2D eigenvalue weighted by Crippen LogP contribution is 2.39. The van der Waals surface area contributed by atoms with Crippen molar-refractivity contribution in [2.24, 2.45) is 10.9 Å². The molecule has 2 heterocycles. The maximum atomic E-state index is 9.55. The van der Waals surface area contributed by atoms with Gasteiger partial charge in [0.05, 0.1) is 11.4 Å². The Morgan fingerprint density at radius 2 is 1.58 bits per heavy atom. The Labute approximate surface area is 210 Å². The first-order valence-corrected chi connectivity index (χ1v) is 11.5. The molecule has 1 aliphatic rings. The van der Waals surface area contributed by atoms with E-state index in [1.54, 1.807) is 0 Å². The van der Waals surface area contributed by atoms with Crippen LogP contribution in [0.3, 0.4) is 0 Å². The molecule has 0 spiro atoms. The summed E-state index contributed by atoms with van der Waals surface area (Å²) in [6, 6.07) is 22.9. The largest absolute Gasteiger partial charge is 0.478 e. The molecule has 1 atom stereocenters. The third kappa shape index (κ3) is 7.10. The second-order valence-electron chi connectivity index (χ2n) is 8.68. The molecule has 0 saturated carbocycles. The highest BCUT2D eigenvalue weighted by Gasteiger charge is 2.25. The second kappa shape index (κ2) is 12.4. The number of hydrogen-bond acceptors (Lipinski definition) is 6. The lowest BCUT2D eigenvalue weighted by Gasteiger charge is -2.29. The lowest BCUT2D eigenvalue weighted by molar-refractivity contribution is -0.134. The van der Waals surface area contributed by atoms with E-state index in [-0.39, 0.29) is 0 Å². The van der Waals surface area contributed by atoms with Crippen molar-refractivity contribution in [1.29, 1.82) is 0 Å². The maximum Gasteiger partial charge on any atom is 0.328 e. The molecule has 0 fully saturated rings. The van der Waals surface area contributed by atoms with Gasteiger partial charge in [-0.2, -0.15) is 0 Å². The molecule has 1 aromatic heterocycles. The van der Waals surface area contributed by atoms with Crippen molar-refractivity contribution in [3.05, 3.63) is 96.2 Å². The minimum atomic E-state index is -1.26. The first-order chi connectivity index (χ1) is 17.3. The Morgan fingerprint density at radius 3 is 2.22 bits per heavy atom. The fourth-order valence-electron chi connectivity index (χ4n) is 4.02. The molecule has 186 valence electrons. The Hall–Kier alpha value is -4.30. The maximum absolute atomic E-state index is 9.55. The van der Waals surface area contributed by atoms with E-state index in [1.807, 2.05) is 18.3 Å². The van der Waals surface area contributed by atoms with Crippen LogP contribution in [0.2, 0.25) is 0 Å². The number of para-hydroxylation sites is 1. The molecule has 8 nitrogen and oxygen atoms in total. The van der Waals surface area contributed by atoms with Crippen molar-refractivity contribution < 1.29 is 19.8 Å². The number of pyridine rings is 1. The molecule has 8 heteroatoms. The average molecular weight is 487 g/mol. The molecule has 3 aromatic rings. The third-order valence-corrected chi connectivity index (χ3v) is 5.29. The standard InChI is InChI=1S/C24H26N4.C4H4O4/c1-18(16-27(2)3)17-28-22-14-8-7-12-20(22)23(19-10-5-4-6-11-19)26-21-13-9-15-25-24(21)28;5-3(6)1-2-4(7)8/h4-15,18H,16-17H2,1-3H3;1-2H,(H,5,6)(H,7,8). The number of rotatable bonds is 7. The minimum Gasteiger partial charge on any atom is -0.478 e. The predicted octanol–water partition coefficient (Wildman–Crippen LogP) is 4.61. The molecule has 0 aliphatic carbocycles. The van der Waals surface area contributed by atoms with Crippen molar-refractivity contribution in [2.45, 2.75) is 6.92 Å². The van der Waals surface area contributed by atoms with E-state index in [1.165, 1.54) is 0 Å². The van der Waals surface area contributed by atoms with Gasteiger partial charge in [0, 0.05) is 42.6 Å². The number of anilines is 2. The summed E-state index contributed by atoms with van der Waals surface area (Å²) in [6.45, 7) is 4.19. The number of carboxylic acid groups (broad SMARTS) is 2. The van der Waals surface area contributed by atoms with Gasteiger partial charge in [0.25, 0.3) is 0 Å². The first kappa shape index (κ1) is 26.3. The van der Waals surface area contributed by atoms with E-state index in [0.29, 0.717) is 18.1 Å². The molecular weight excluding hydrogens is 456 g/mol. The molecular formula is C28H30N4O4. The van der Waals surface area contributed by atoms with Crippen LogP contribution in [0.4, 0.5) is 17.2 Å². The summed E-state index contributed by atoms with van der Waals surface area (Å²) in [6.07, 6.45) is 2.97. The van der Waals surface area contributed by atoms with E-state index >= 15 is 0 Å². The van der Waals surface area contributed by atoms with Gasteiger partial charge < -0.3 is 20.0 Å². The summed E-state index contributed by atoms with van der Waals surface area (Å²) in [4.78, 5) is 33.5.